The molecule has 0 aromatic heterocycles. The third-order valence-electron chi connectivity index (χ3n) is 1.20. The summed E-state index contributed by atoms with van der Waals surface area (Å²) in [5.74, 6) is -1.12. The molecule has 0 fully saturated rings. The third kappa shape index (κ3) is 6.21. The maximum Gasteiger partial charge on any atom is 0.314 e. The summed E-state index contributed by atoms with van der Waals surface area (Å²) in [4.78, 5) is 21.1. The Morgan fingerprint density at radius 2 is 2.31 bits per heavy atom. The van der Waals surface area contributed by atoms with Gasteiger partial charge in [0.15, 0.2) is 0 Å². The molecule has 0 radical (unpaired) electrons. The van der Waals surface area contributed by atoms with Gasteiger partial charge in [-0.05, 0) is 0 Å². The smallest absolute Gasteiger partial charge is 0.314 e. The summed E-state index contributed by atoms with van der Waals surface area (Å²) in [6.07, 6.45) is 1.07. The summed E-state index contributed by atoms with van der Waals surface area (Å²) in [5.41, 5.74) is 0. The Morgan fingerprint density at radius 3 is 2.77 bits per heavy atom. The third-order valence-corrected chi connectivity index (χ3v) is 2.38. The summed E-state index contributed by atoms with van der Waals surface area (Å²) in [6.45, 7) is 4.93. The maximum atomic E-state index is 11.0. The SMILES string of the molecule is C=COC(=O)C(C)CSCC(=O)O. The lowest BCUT2D eigenvalue weighted by Crippen LogP contribution is -2.15. The predicted molar refractivity (Wildman–Crippen MR) is 50.4 cm³/mol. The molecule has 5 heteroatoms. The zero-order chi connectivity index (χ0) is 10.3. The highest BCUT2D eigenvalue weighted by atomic mass is 32.2. The summed E-state index contributed by atoms with van der Waals surface area (Å²) >= 11 is 1.19. The number of hydrogen-bond donors (Lipinski definition) is 1. The minimum absolute atomic E-state index is 0.00566. The Hall–Kier alpha value is -0.970. The van der Waals surface area contributed by atoms with Crippen LogP contribution in [0.5, 0.6) is 0 Å². The highest BCUT2D eigenvalue weighted by Gasteiger charge is 2.13. The molecule has 74 valence electrons. The molecule has 0 bridgehead atoms. The number of thioether (sulfide) groups is 1. The van der Waals surface area contributed by atoms with Gasteiger partial charge in [-0.1, -0.05) is 13.5 Å². The molecule has 0 saturated carbocycles. The summed E-state index contributed by atoms with van der Waals surface area (Å²) < 4.78 is 4.53. The van der Waals surface area contributed by atoms with Gasteiger partial charge in [0.05, 0.1) is 17.9 Å². The van der Waals surface area contributed by atoms with Gasteiger partial charge in [-0.2, -0.15) is 0 Å². The minimum atomic E-state index is -0.880. The second-order valence-corrected chi connectivity index (χ2v) is 3.44. The van der Waals surface area contributed by atoms with E-state index < -0.39 is 5.97 Å². The average molecular weight is 204 g/mol. The highest BCUT2D eigenvalue weighted by molar-refractivity contribution is 7.99. The van der Waals surface area contributed by atoms with E-state index in [4.69, 9.17) is 5.11 Å². The Bertz CT molecular complexity index is 202. The van der Waals surface area contributed by atoms with Gasteiger partial charge in [-0.3, -0.25) is 9.59 Å². The molecule has 4 nitrogen and oxygen atoms in total. The first-order valence-corrected chi connectivity index (χ1v) is 4.84. The number of carboxylic acid groups (broad SMARTS) is 1. The van der Waals surface area contributed by atoms with Gasteiger partial charge in [-0.25, -0.2) is 0 Å². The van der Waals surface area contributed by atoms with E-state index in [0.29, 0.717) is 5.75 Å². The fourth-order valence-corrected chi connectivity index (χ4v) is 1.37. The molecule has 0 aromatic carbocycles. The Kier molecular flexibility index (Phi) is 6.05. The van der Waals surface area contributed by atoms with Crippen LogP contribution in [0.2, 0.25) is 0 Å². The number of carbonyl (C=O) groups excluding carboxylic acids is 1. The van der Waals surface area contributed by atoms with Crippen molar-refractivity contribution in [3.63, 3.8) is 0 Å². The maximum absolute atomic E-state index is 11.0. The molecule has 0 rings (SSSR count). The quantitative estimate of drug-likeness (QED) is 0.519. The van der Waals surface area contributed by atoms with Gasteiger partial charge >= 0.3 is 11.9 Å². The van der Waals surface area contributed by atoms with Crippen molar-refractivity contribution in [1.82, 2.24) is 0 Å². The lowest BCUT2D eigenvalue weighted by atomic mass is 10.2. The number of ether oxygens (including phenoxy) is 1. The molecule has 0 aromatic rings. The van der Waals surface area contributed by atoms with Crippen LogP contribution >= 0.6 is 11.8 Å². The molecule has 0 spiro atoms. The topological polar surface area (TPSA) is 63.6 Å². The van der Waals surface area contributed by atoms with Gasteiger partial charge in [0, 0.05) is 5.75 Å². The fraction of sp³-hybridized carbons (Fsp3) is 0.500. The van der Waals surface area contributed by atoms with E-state index in [1.165, 1.54) is 11.8 Å². The van der Waals surface area contributed by atoms with Crippen LogP contribution in [0.15, 0.2) is 12.8 Å². The van der Waals surface area contributed by atoms with Crippen LogP contribution in [0.3, 0.4) is 0 Å². The van der Waals surface area contributed by atoms with Crippen LogP contribution in [0.1, 0.15) is 6.92 Å². The van der Waals surface area contributed by atoms with Crippen LogP contribution < -0.4 is 0 Å². The van der Waals surface area contributed by atoms with Crippen molar-refractivity contribution in [3.8, 4) is 0 Å². The summed E-state index contributed by atoms with van der Waals surface area (Å²) in [5, 5.41) is 8.32. The summed E-state index contributed by atoms with van der Waals surface area (Å²) in [6, 6.07) is 0. The predicted octanol–water partition coefficient (Wildman–Crippen LogP) is 1.13. The normalized spacial score (nSPS) is 11.8. The standard InChI is InChI=1S/C8H12O4S/c1-3-12-8(11)6(2)4-13-5-7(9)10/h3,6H,1,4-5H2,2H3,(H,9,10). The van der Waals surface area contributed by atoms with E-state index >= 15 is 0 Å². The van der Waals surface area contributed by atoms with Crippen molar-refractivity contribution in [3.05, 3.63) is 12.8 Å². The van der Waals surface area contributed by atoms with Gasteiger partial charge in [0.25, 0.3) is 0 Å². The highest BCUT2D eigenvalue weighted by Crippen LogP contribution is 2.09. The minimum Gasteiger partial charge on any atom is -0.481 e. The first-order valence-electron chi connectivity index (χ1n) is 3.69. The lowest BCUT2D eigenvalue weighted by Gasteiger charge is -2.06. The van der Waals surface area contributed by atoms with Crippen molar-refractivity contribution in [2.24, 2.45) is 5.92 Å². The van der Waals surface area contributed by atoms with Crippen LogP contribution in [0.25, 0.3) is 0 Å². The number of carbonyl (C=O) groups is 2. The van der Waals surface area contributed by atoms with Crippen LogP contribution in [-0.4, -0.2) is 28.6 Å². The van der Waals surface area contributed by atoms with Gasteiger partial charge in [0.2, 0.25) is 0 Å². The Labute approximate surface area is 81.0 Å². The van der Waals surface area contributed by atoms with E-state index in [0.717, 1.165) is 6.26 Å². The average Bonchev–Trinajstić information content (AvgIpc) is 2.04. The zero-order valence-corrected chi connectivity index (χ0v) is 8.17. The largest absolute Gasteiger partial charge is 0.481 e. The fourth-order valence-electron chi connectivity index (χ4n) is 0.589. The lowest BCUT2D eigenvalue weighted by molar-refractivity contribution is -0.141. The molecule has 13 heavy (non-hydrogen) atoms. The molecule has 0 amide bonds. The molecular weight excluding hydrogens is 192 g/mol. The summed E-state index contributed by atoms with van der Waals surface area (Å²) in [7, 11) is 0. The first-order chi connectivity index (χ1) is 6.07. The van der Waals surface area contributed by atoms with E-state index in [1.54, 1.807) is 6.92 Å². The monoisotopic (exact) mass is 204 g/mol. The van der Waals surface area contributed by atoms with Gasteiger partial charge < -0.3 is 9.84 Å². The van der Waals surface area contributed by atoms with Crippen LogP contribution in [0, 0.1) is 5.92 Å². The van der Waals surface area contributed by atoms with Crippen molar-refractivity contribution in [1.29, 1.82) is 0 Å². The number of esters is 1. The second kappa shape index (κ2) is 6.54. The molecule has 1 atom stereocenters. The zero-order valence-electron chi connectivity index (χ0n) is 7.36. The van der Waals surface area contributed by atoms with Gasteiger partial charge in [-0.15, -0.1) is 11.8 Å². The van der Waals surface area contributed by atoms with Gasteiger partial charge in [0.1, 0.15) is 0 Å². The van der Waals surface area contributed by atoms with Crippen LogP contribution in [-0.2, 0) is 14.3 Å². The first kappa shape index (κ1) is 12.0. The van der Waals surface area contributed by atoms with Crippen molar-refractivity contribution in [2.45, 2.75) is 6.92 Å². The molecule has 0 aliphatic rings. The van der Waals surface area contributed by atoms with E-state index in [1.807, 2.05) is 0 Å². The van der Waals surface area contributed by atoms with Crippen molar-refractivity contribution in [2.75, 3.05) is 11.5 Å². The van der Waals surface area contributed by atoms with Crippen molar-refractivity contribution < 1.29 is 19.4 Å². The van der Waals surface area contributed by atoms with E-state index in [9.17, 15) is 9.59 Å². The van der Waals surface area contributed by atoms with E-state index in [-0.39, 0.29) is 17.6 Å². The number of hydrogen-bond acceptors (Lipinski definition) is 4. The molecule has 0 aliphatic carbocycles. The molecule has 1 unspecified atom stereocenters. The van der Waals surface area contributed by atoms with Crippen molar-refractivity contribution >= 4 is 23.7 Å². The molecule has 0 heterocycles. The number of carboxylic acids is 1. The molecule has 0 saturated heterocycles. The molecular formula is C8H12O4S. The van der Waals surface area contributed by atoms with E-state index in [2.05, 4.69) is 11.3 Å². The Morgan fingerprint density at radius 1 is 1.69 bits per heavy atom. The second-order valence-electron chi connectivity index (χ2n) is 2.41. The molecule has 0 aliphatic heterocycles. The van der Waals surface area contributed by atoms with Crippen LogP contribution in [0.4, 0.5) is 0 Å². The number of rotatable bonds is 6. The molecule has 1 N–H and O–H groups in total. The number of aliphatic carboxylic acids is 1. The Balaban J connectivity index is 3.61.